The third-order valence-corrected chi connectivity index (χ3v) is 12.5. The summed E-state index contributed by atoms with van der Waals surface area (Å²) in [6, 6.07) is 0. The number of aliphatic hydroxyl groups excluding tert-OH is 1. The monoisotopic (exact) mass is 483 g/mol. The number of esters is 1. The molecular formula is C29H41NO5. The first-order chi connectivity index (χ1) is 16.4. The van der Waals surface area contributed by atoms with E-state index in [2.05, 4.69) is 39.2 Å². The van der Waals surface area contributed by atoms with Crippen LogP contribution in [0.15, 0.2) is 12.2 Å². The van der Waals surface area contributed by atoms with Crippen molar-refractivity contribution in [3.63, 3.8) is 0 Å². The van der Waals surface area contributed by atoms with Gasteiger partial charge in [-0.1, -0.05) is 39.8 Å². The number of rotatable bonds is 0. The van der Waals surface area contributed by atoms with E-state index in [0.717, 1.165) is 44.2 Å². The molecule has 1 N–H and O–H groups in total. The summed E-state index contributed by atoms with van der Waals surface area (Å²) in [5, 5.41) is 11.1. The van der Waals surface area contributed by atoms with Gasteiger partial charge in [0.15, 0.2) is 5.72 Å². The summed E-state index contributed by atoms with van der Waals surface area (Å²) in [5.41, 5.74) is -1.28. The molecular weight excluding hydrogens is 442 g/mol. The average Bonchev–Trinajstić information content (AvgIpc) is 3.01. The molecule has 4 aliphatic heterocycles. The fourth-order valence-corrected chi connectivity index (χ4v) is 11.2. The van der Waals surface area contributed by atoms with Crippen molar-refractivity contribution in [2.45, 2.75) is 109 Å². The predicted molar refractivity (Wildman–Crippen MR) is 129 cm³/mol. The molecule has 7 rings (SSSR count). The molecule has 7 aliphatic rings. The van der Waals surface area contributed by atoms with Gasteiger partial charge in [-0.15, -0.1) is 0 Å². The molecule has 4 heterocycles. The smallest absolute Gasteiger partial charge is 0.308 e. The Kier molecular flexibility index (Phi) is 4.32. The van der Waals surface area contributed by atoms with E-state index >= 15 is 0 Å². The lowest BCUT2D eigenvalue weighted by Gasteiger charge is -2.76. The van der Waals surface area contributed by atoms with Gasteiger partial charge in [-0.2, -0.15) is 0 Å². The Hall–Kier alpha value is -1.24. The largest absolute Gasteiger partial charge is 0.443 e. The standard InChI is InChI=1S/C29H41NO5/c1-16-9-20-19(21(31)10-16)11-22(32)24-25(20,3)15-29-27(5,26(24,4)13-23(33)35-29)6-7-28-12-17(2)8-18(34-28)14-30(28)29/h17-21,24,31H,1,6-15H2,2-5H3. The lowest BCUT2D eigenvalue weighted by atomic mass is 9.34. The Morgan fingerprint density at radius 1 is 1.11 bits per heavy atom. The van der Waals surface area contributed by atoms with Gasteiger partial charge in [0.1, 0.15) is 11.5 Å². The molecule has 6 nitrogen and oxygen atoms in total. The molecule has 1 spiro atoms. The molecule has 0 amide bonds. The molecule has 0 aromatic carbocycles. The minimum atomic E-state index is -0.786. The number of ether oxygens (including phenoxy) is 2. The lowest BCUT2D eigenvalue weighted by molar-refractivity contribution is -0.380. The summed E-state index contributed by atoms with van der Waals surface area (Å²) in [6.45, 7) is 14.2. The van der Waals surface area contributed by atoms with E-state index < -0.39 is 17.2 Å². The average molecular weight is 484 g/mol. The van der Waals surface area contributed by atoms with Crippen molar-refractivity contribution in [1.82, 2.24) is 4.90 Å². The first-order valence-electron chi connectivity index (χ1n) is 13.9. The van der Waals surface area contributed by atoms with Gasteiger partial charge in [0.05, 0.1) is 18.6 Å². The van der Waals surface area contributed by atoms with Crippen LogP contribution in [0.2, 0.25) is 0 Å². The lowest BCUT2D eigenvalue weighted by Crippen LogP contribution is -2.82. The summed E-state index contributed by atoms with van der Waals surface area (Å²) in [5.74, 6) is 0.574. The summed E-state index contributed by atoms with van der Waals surface area (Å²) in [4.78, 5) is 30.0. The molecule has 35 heavy (non-hydrogen) atoms. The van der Waals surface area contributed by atoms with Gasteiger partial charge >= 0.3 is 5.97 Å². The van der Waals surface area contributed by atoms with Crippen molar-refractivity contribution >= 4 is 11.8 Å². The van der Waals surface area contributed by atoms with Crippen molar-refractivity contribution in [2.24, 2.45) is 39.9 Å². The molecule has 4 bridgehead atoms. The van der Waals surface area contributed by atoms with Crippen LogP contribution in [0, 0.1) is 39.9 Å². The van der Waals surface area contributed by atoms with Crippen LogP contribution in [-0.2, 0) is 19.1 Å². The minimum Gasteiger partial charge on any atom is -0.443 e. The Morgan fingerprint density at radius 2 is 1.89 bits per heavy atom. The van der Waals surface area contributed by atoms with Gasteiger partial charge in [0, 0.05) is 30.7 Å². The third kappa shape index (κ3) is 2.48. The molecule has 192 valence electrons. The quantitative estimate of drug-likeness (QED) is 0.411. The molecule has 0 aromatic rings. The van der Waals surface area contributed by atoms with E-state index in [1.807, 2.05) is 0 Å². The second kappa shape index (κ2) is 6.60. The first kappa shape index (κ1) is 22.9. The highest BCUT2D eigenvalue weighted by Gasteiger charge is 2.82. The van der Waals surface area contributed by atoms with Gasteiger partial charge in [0.2, 0.25) is 0 Å². The molecule has 6 heteroatoms. The zero-order valence-corrected chi connectivity index (χ0v) is 21.8. The number of fused-ring (bicyclic) bond motifs is 5. The second-order valence-corrected chi connectivity index (χ2v) is 14.3. The Bertz CT molecular complexity index is 1040. The normalized spacial score (nSPS) is 59.2. The van der Waals surface area contributed by atoms with E-state index in [-0.39, 0.29) is 52.2 Å². The fraction of sp³-hybridized carbons (Fsp3) is 0.862. The van der Waals surface area contributed by atoms with Crippen molar-refractivity contribution in [3.8, 4) is 0 Å². The van der Waals surface area contributed by atoms with E-state index in [4.69, 9.17) is 9.47 Å². The molecule has 0 aromatic heterocycles. The number of carbonyl (C=O) groups excluding carboxylic acids is 2. The Balaban J connectivity index is 1.43. The minimum absolute atomic E-state index is 0.0401. The number of hydrogen-bond donors (Lipinski definition) is 1. The van der Waals surface area contributed by atoms with Crippen LogP contribution in [0.4, 0.5) is 0 Å². The summed E-state index contributed by atoms with van der Waals surface area (Å²) in [6.07, 6.45) is 6.29. The van der Waals surface area contributed by atoms with E-state index in [1.165, 1.54) is 0 Å². The van der Waals surface area contributed by atoms with Gasteiger partial charge in [-0.25, -0.2) is 4.90 Å². The number of ketones is 1. The Morgan fingerprint density at radius 3 is 2.66 bits per heavy atom. The van der Waals surface area contributed by atoms with Crippen molar-refractivity contribution in [3.05, 3.63) is 12.2 Å². The fourth-order valence-electron chi connectivity index (χ4n) is 11.2. The predicted octanol–water partition coefficient (Wildman–Crippen LogP) is 4.21. The Labute approximate surface area is 208 Å². The molecule has 11 atom stereocenters. The maximum absolute atomic E-state index is 14.1. The molecule has 4 saturated heterocycles. The highest BCUT2D eigenvalue weighted by Crippen LogP contribution is 2.77. The summed E-state index contributed by atoms with van der Waals surface area (Å²) in [7, 11) is 0. The van der Waals surface area contributed by atoms with Gasteiger partial charge in [-0.3, -0.25) is 9.59 Å². The van der Waals surface area contributed by atoms with Crippen molar-refractivity contribution in [2.75, 3.05) is 6.54 Å². The van der Waals surface area contributed by atoms with Crippen LogP contribution in [0.25, 0.3) is 0 Å². The SMILES string of the molecule is C=C1CC(O)C2CC(=O)C3C(C)(CC45OC(=O)CC3(C)C4(C)CCC34CC(C)CC(CN35)O4)C2C1. The maximum atomic E-state index is 14.1. The number of carbonyl (C=O) groups is 2. The van der Waals surface area contributed by atoms with Crippen LogP contribution in [0.3, 0.4) is 0 Å². The highest BCUT2D eigenvalue weighted by atomic mass is 16.6. The van der Waals surface area contributed by atoms with Crippen LogP contribution in [0.5, 0.6) is 0 Å². The van der Waals surface area contributed by atoms with E-state index in [1.54, 1.807) is 0 Å². The maximum Gasteiger partial charge on any atom is 0.308 e. The molecule has 3 saturated carbocycles. The topological polar surface area (TPSA) is 76.1 Å². The number of piperidine rings is 1. The van der Waals surface area contributed by atoms with Crippen molar-refractivity contribution in [1.29, 1.82) is 0 Å². The zero-order valence-electron chi connectivity index (χ0n) is 21.8. The van der Waals surface area contributed by atoms with Gasteiger partial charge in [0.25, 0.3) is 0 Å². The van der Waals surface area contributed by atoms with Crippen LogP contribution >= 0.6 is 0 Å². The summed E-state index contributed by atoms with van der Waals surface area (Å²) >= 11 is 0. The number of Topliss-reactive ketones (excluding diaryl/α,β-unsaturated/α-hetero) is 1. The first-order valence-corrected chi connectivity index (χ1v) is 13.9. The second-order valence-electron chi connectivity index (χ2n) is 14.3. The highest BCUT2D eigenvalue weighted by molar-refractivity contribution is 5.86. The molecule has 7 fully saturated rings. The number of aliphatic hydroxyl groups is 1. The number of hydrogen-bond acceptors (Lipinski definition) is 6. The molecule has 3 aliphatic carbocycles. The van der Waals surface area contributed by atoms with Gasteiger partial charge in [-0.05, 0) is 67.1 Å². The molecule has 11 unspecified atom stereocenters. The number of nitrogens with zero attached hydrogens (tertiary/aromatic N) is 1. The third-order valence-electron chi connectivity index (χ3n) is 12.5. The van der Waals surface area contributed by atoms with E-state index in [0.29, 0.717) is 31.6 Å². The summed E-state index contributed by atoms with van der Waals surface area (Å²) < 4.78 is 13.4. The van der Waals surface area contributed by atoms with Crippen LogP contribution in [-0.4, -0.2) is 52.0 Å². The van der Waals surface area contributed by atoms with Crippen LogP contribution in [0.1, 0.15) is 85.5 Å². The van der Waals surface area contributed by atoms with E-state index in [9.17, 15) is 14.7 Å². The zero-order chi connectivity index (χ0) is 24.8. The van der Waals surface area contributed by atoms with Gasteiger partial charge < -0.3 is 14.6 Å². The van der Waals surface area contributed by atoms with Crippen molar-refractivity contribution < 1.29 is 24.2 Å². The van der Waals surface area contributed by atoms with Crippen LogP contribution < -0.4 is 0 Å². The molecule has 0 radical (unpaired) electrons.